The van der Waals surface area contributed by atoms with Crippen LogP contribution in [0.1, 0.15) is 157 Å². The summed E-state index contributed by atoms with van der Waals surface area (Å²) in [5.74, 6) is 70.1. The van der Waals surface area contributed by atoms with Crippen LogP contribution < -0.4 is 73.9 Å². The van der Waals surface area contributed by atoms with Crippen molar-refractivity contribution >= 4 is 76.6 Å². The van der Waals surface area contributed by atoms with Gasteiger partial charge in [-0.3, -0.25) is 43.4 Å². The number of aliphatic hydroxyl groups excluding tert-OH is 8. The number of terminal acetylenes is 3. The molecule has 0 bridgehead atoms. The van der Waals surface area contributed by atoms with Crippen molar-refractivity contribution in [1.82, 2.24) is 62.1 Å². The number of unbranched alkanes of at least 4 members (excludes halogenated alkanes) is 1. The molecule has 0 aliphatic carbocycles. The molecule has 5 heterocycles. The van der Waals surface area contributed by atoms with E-state index in [0.717, 1.165) is 19.4 Å². The number of esters is 2. The fourth-order valence-electron chi connectivity index (χ4n) is 11.6. The van der Waals surface area contributed by atoms with Crippen LogP contribution in [-0.2, 0) is 52.5 Å². The minimum Gasteiger partial charge on any atom is -1.00 e. The van der Waals surface area contributed by atoms with Crippen molar-refractivity contribution in [3.8, 4) is 215 Å². The van der Waals surface area contributed by atoms with Gasteiger partial charge >= 0.3 is 30.8 Å². The van der Waals surface area contributed by atoms with Crippen LogP contribution in [0.2, 0.25) is 0 Å². The number of carbonyl (C=O) groups excluding carboxylic acids is 10. The predicted octanol–water partition coefficient (Wildman–Crippen LogP) is -2.77. The van der Waals surface area contributed by atoms with Crippen LogP contribution in [0.15, 0.2) is 48.5 Å². The summed E-state index contributed by atoms with van der Waals surface area (Å²) in [6.07, 6.45) is 5.77. The Hall–Kier alpha value is -14.1. The number of nitrogens with zero attached hydrogens (tertiary/aromatic N) is 6. The Balaban J connectivity index is -0.0000000350. The summed E-state index contributed by atoms with van der Waals surface area (Å²) < 4.78 is 24.7. The topological polar surface area (TPSA) is 594 Å². The standard InChI is InChI=1S/C30H29N3O2.C28H34N4O6.C18H2.C8H13NO5.C7H8O5.C6H12N2O4.C6H16N2O2.2CH5N.Al.Li.H3N.33H2.4H/c1-4-6-8-9-10-11-12-13-14-15-16-17-18-19-20-21-25-33(26-22-23-31)28-30(35)29(34)27-32(3)24-7-5-2;1-29(13-7-15-31-25(35)19-9-3-4-10-20(19)26(31)36)17-23(33)24(34)18-30(2)14-8-16-32-27(37)21-11-5-6-12-22(21)28(32)38;1-3-5-7-9-11-13-15-17-18-16-14-12-10-8-6-4-2;1-8(2)13-4(6(10)9-3)5(14-8)7(11)12;1-7(2)11-3-4(12-7)6(9)10-5(3)8;1-7-5(11)3(9)4(10)6(12)8-2;1-7-3-5(9)6(10)4-8-2;2*1-2;;;;;;;;;;;;;;;;;;;;;;;;;;;;;;;;;;;;;;;;/h1,29-30,34-35H,5,7,22-24,26-28,31H2,2-3H3;3-6,9-12,23-24,33-34H,7-8,13-18H2,1-2H3;1-2H;4-5H,1-3H3,(H,9,10)(H,11,12);3-4H,1-2H3;3-4,9-10H,1-2H3,(H,7,11)(H,8,12);5-10H,3-4H2,1-2H3;2*2H2,1H3;;;1H3;33*1H;;;;/q;;;;;;;;;;+1;;;;;;;;;;;;;;;;;;;;;;;;;;;;;;;;;;;;;;-1/p-1. The second-order valence-electron chi connectivity index (χ2n) is 30.0. The van der Waals surface area contributed by atoms with Crippen molar-refractivity contribution in [2.24, 2.45) is 17.2 Å². The molecule has 12 atom stereocenters. The van der Waals surface area contributed by atoms with E-state index in [-0.39, 0.29) is 147 Å². The molecule has 41 heteroatoms. The molecule has 2 aromatic rings. The first-order valence-electron chi connectivity index (χ1n) is 43.8. The van der Waals surface area contributed by atoms with E-state index in [1.165, 1.54) is 58.9 Å². The number of cyclic esters (lactones) is 2. The normalized spacial score (nSPS) is 15.5. The monoisotopic (exact) mass is 2090 g/mol. The fraction of sp³-hybridized carbons (Fsp3) is 0.448. The van der Waals surface area contributed by atoms with Crippen molar-refractivity contribution in [3.63, 3.8) is 0 Å². The third-order valence-corrected chi connectivity index (χ3v) is 18.2. The van der Waals surface area contributed by atoms with Crippen LogP contribution in [0.4, 0.5) is 0 Å². The molecule has 0 radical (unpaired) electrons. The second kappa shape index (κ2) is 83.2. The summed E-state index contributed by atoms with van der Waals surface area (Å²) in [7, 11) is 16.0. The zero-order chi connectivity index (χ0) is 108. The summed E-state index contributed by atoms with van der Waals surface area (Å²) in [4.78, 5) is 125. The number of benzene rings is 2. The molecule has 22 N–H and O–H groups in total. The van der Waals surface area contributed by atoms with E-state index in [2.05, 4.69) is 245 Å². The summed E-state index contributed by atoms with van der Waals surface area (Å²) >= 11 is 0. The predicted molar refractivity (Wildman–Crippen MR) is 617 cm³/mol. The Morgan fingerprint density at radius 2 is 0.712 bits per heavy atom. The number of hydrogen-bond donors (Lipinski definition) is 17. The van der Waals surface area contributed by atoms with Crippen LogP contribution >= 0.6 is 0 Å². The number of fused-ring (bicyclic) bond motifs is 3. The van der Waals surface area contributed by atoms with Crippen LogP contribution in [-0.4, -0.2) is 387 Å². The van der Waals surface area contributed by atoms with Crippen molar-refractivity contribution in [1.29, 1.82) is 0 Å². The second-order valence-corrected chi connectivity index (χ2v) is 30.0. The van der Waals surface area contributed by atoms with E-state index >= 15 is 0 Å². The molecule has 0 saturated carbocycles. The zero-order valence-electron chi connectivity index (χ0n) is 85.2. The molecule has 840 valence electrons. The van der Waals surface area contributed by atoms with Gasteiger partial charge in [0.25, 0.3) is 41.4 Å². The SMILES string of the molecule is C#CC#CC#CC#CC#CC#CC#CC#CC#C.C#CC#CC#CC#CC#CC#CC#CC#CC#CN(CCCN)CC(O)C(O)CN(C)CCCC.CC1(C)OC2C(=O)OC(=O)C2O1.CN.CN.CN(CCCN1C(=O)c2ccccc2C1=O)CC(O)C(O)CN(C)CCCN1C(=O)c2ccccc2C1=O.CNC(=O)C(O)C(O)C(=O)NC.CNC(=O)C1OC(C)(C)OC1C(=O)[O-].CNCC(O)C(O)CNC.N.[AlH3].[H-].[HH].[HH].[HH].[HH].[HH].[HH].[HH].[HH].[HH].[HH].[HH].[HH].[HH].[HH].[HH].[HH].[HH].[HH].[HH].[HH].[HH].[HH].[HH].[HH].[HH].[HH].[HH].[HH].[HH].[HH].[HH].[HH].[HH].[Li+]. The van der Waals surface area contributed by atoms with Gasteiger partial charge < -0.3 is 145 Å². The first kappa shape index (κ1) is 140. The van der Waals surface area contributed by atoms with Gasteiger partial charge in [0.05, 0.1) is 71.4 Å². The third-order valence-electron chi connectivity index (χ3n) is 18.2. The number of aliphatic hydroxyl groups is 8. The van der Waals surface area contributed by atoms with Crippen LogP contribution in [0.25, 0.3) is 0 Å². The molecule has 5 aliphatic heterocycles. The largest absolute Gasteiger partial charge is 1.00 e. The molecule has 5 aliphatic rings. The van der Waals surface area contributed by atoms with Gasteiger partial charge in [-0.25, -0.2) is 9.59 Å². The Bertz CT molecular complexity index is 5620. The molecule has 39 nitrogen and oxygen atoms in total. The summed E-state index contributed by atoms with van der Waals surface area (Å²) in [6.45, 7) is 13.9. The quantitative estimate of drug-likeness (QED) is 0.00842. The molecule has 3 saturated heterocycles. The minimum atomic E-state index is -1.73. The van der Waals surface area contributed by atoms with Gasteiger partial charge in [-0.1, -0.05) is 37.6 Å². The molecule has 0 spiro atoms. The van der Waals surface area contributed by atoms with Gasteiger partial charge in [0.15, 0.2) is 59.5 Å². The molecule has 0 aromatic heterocycles. The Labute approximate surface area is 930 Å². The van der Waals surface area contributed by atoms with E-state index in [1.807, 2.05) is 35.8 Å². The summed E-state index contributed by atoms with van der Waals surface area (Å²) in [5, 5.41) is 100. The smallest absolute Gasteiger partial charge is 1.00 e. The van der Waals surface area contributed by atoms with Crippen LogP contribution in [0.5, 0.6) is 0 Å². The maximum absolute atomic E-state index is 12.5. The van der Waals surface area contributed by atoms with Crippen molar-refractivity contribution in [2.45, 2.75) is 152 Å². The number of aliphatic carboxylic acids is 1. The fourth-order valence-corrected chi connectivity index (χ4v) is 11.6. The van der Waals surface area contributed by atoms with Gasteiger partial charge in [0.2, 0.25) is 0 Å². The number of nitrogens with one attached hydrogen (secondary N) is 5. The molecule has 2 aromatic carbocycles. The van der Waals surface area contributed by atoms with Gasteiger partial charge in [-0.2, -0.15) is 0 Å². The molecule has 7 rings (SSSR count). The van der Waals surface area contributed by atoms with E-state index < -0.39 is 120 Å². The summed E-state index contributed by atoms with van der Waals surface area (Å²) in [6, 6.07) is 16.4. The van der Waals surface area contributed by atoms with E-state index in [0.29, 0.717) is 87.3 Å². The Kier molecular flexibility index (Phi) is 80.0. The molecular weight excluding hydrogens is 1890 g/mol. The van der Waals surface area contributed by atoms with E-state index in [4.69, 9.17) is 64.4 Å². The van der Waals surface area contributed by atoms with Gasteiger partial charge in [-0.05, 0) is 295 Å². The summed E-state index contributed by atoms with van der Waals surface area (Å²) in [5.41, 5.74) is 16.3. The molecule has 7 amide bonds. The number of rotatable bonds is 34. The molecule has 146 heavy (non-hydrogen) atoms. The number of hydrogen-bond acceptors (Lipinski definition) is 34. The first-order chi connectivity index (χ1) is 68.3. The van der Waals surface area contributed by atoms with Gasteiger partial charge in [0.1, 0.15) is 6.10 Å². The van der Waals surface area contributed by atoms with E-state index in [9.17, 15) is 73.5 Å². The first-order valence-corrected chi connectivity index (χ1v) is 43.8. The maximum Gasteiger partial charge on any atom is 1.00 e. The number of carboxylic acid groups (broad SMARTS) is 1. The number of imide groups is 2. The van der Waals surface area contributed by atoms with Gasteiger partial charge in [-0.15, -0.1) is 19.3 Å². The maximum atomic E-state index is 12.5. The Morgan fingerprint density at radius 3 is 0.979 bits per heavy atom. The number of nitrogens with two attached hydrogens (primary N) is 3. The van der Waals surface area contributed by atoms with Crippen molar-refractivity contribution < 1.29 is 185 Å². The van der Waals surface area contributed by atoms with Gasteiger partial charge in [0, 0.05) is 174 Å². The number of likely N-dealkylation sites (N-methyl/N-ethyl adjacent to an activating group) is 8. The van der Waals surface area contributed by atoms with Crippen LogP contribution in [0.3, 0.4) is 0 Å². The molecular formula is C105H196AlLiN15O24-. The average Bonchev–Trinajstić information content (AvgIpc) is 1.62. The molecule has 12 unspecified atom stereocenters. The van der Waals surface area contributed by atoms with Crippen molar-refractivity contribution in [3.05, 3.63) is 70.8 Å². The minimum absolute atomic E-state index is 0. The average molecular weight is 2090 g/mol. The number of carbonyl (C=O) groups is 10. The van der Waals surface area contributed by atoms with E-state index in [1.54, 1.807) is 81.4 Å². The number of ether oxygens (including phenoxy) is 5. The number of carboxylic acids is 1. The zero-order valence-corrected chi connectivity index (χ0v) is 84.2. The van der Waals surface area contributed by atoms with Crippen molar-refractivity contribution in [2.75, 3.05) is 156 Å². The van der Waals surface area contributed by atoms with Crippen LogP contribution in [0, 0.1) is 215 Å². The number of amides is 7. The Morgan fingerprint density at radius 1 is 0.438 bits per heavy atom. The third kappa shape index (κ3) is 58.0. The molecule has 3 fully saturated rings.